The third-order valence-corrected chi connectivity index (χ3v) is 4.88. The molecule has 1 aliphatic heterocycles. The molecule has 3 heterocycles. The first-order chi connectivity index (χ1) is 11.6. The van der Waals surface area contributed by atoms with E-state index in [2.05, 4.69) is 60.0 Å². The van der Waals surface area contributed by atoms with Crippen LogP contribution < -0.4 is 0 Å². The molecule has 1 aromatic carbocycles. The van der Waals surface area contributed by atoms with Crippen molar-refractivity contribution in [2.75, 3.05) is 6.54 Å². The van der Waals surface area contributed by atoms with E-state index in [-0.39, 0.29) is 0 Å². The van der Waals surface area contributed by atoms with Crippen molar-refractivity contribution in [2.45, 2.75) is 46.2 Å². The molecule has 1 N–H and O–H groups in total. The Morgan fingerprint density at radius 3 is 3.00 bits per heavy atom. The highest BCUT2D eigenvalue weighted by atomic mass is 15.1. The van der Waals surface area contributed by atoms with Gasteiger partial charge >= 0.3 is 0 Å². The molecule has 0 radical (unpaired) electrons. The number of nitrogens with one attached hydrogen (secondary N) is 1. The first kappa shape index (κ1) is 15.3. The summed E-state index contributed by atoms with van der Waals surface area (Å²) < 4.78 is 0. The predicted octanol–water partition coefficient (Wildman–Crippen LogP) is 3.95. The maximum Gasteiger partial charge on any atom is 0.131 e. The minimum atomic E-state index is 0.377. The molecule has 0 amide bonds. The van der Waals surface area contributed by atoms with Gasteiger partial charge in [-0.25, -0.2) is 9.97 Å². The van der Waals surface area contributed by atoms with Crippen molar-refractivity contribution >= 4 is 10.9 Å². The Hall–Kier alpha value is -2.20. The van der Waals surface area contributed by atoms with Gasteiger partial charge in [0.2, 0.25) is 0 Å². The number of hydrogen-bond acceptors (Lipinski definition) is 3. The maximum atomic E-state index is 4.81. The van der Waals surface area contributed by atoms with Crippen LogP contribution in [0.15, 0.2) is 30.6 Å². The van der Waals surface area contributed by atoms with Crippen LogP contribution in [0.1, 0.15) is 48.0 Å². The summed E-state index contributed by atoms with van der Waals surface area (Å²) in [5.74, 6) is 1.33. The van der Waals surface area contributed by atoms with Gasteiger partial charge in [0.05, 0.1) is 5.69 Å². The molecule has 2 aromatic heterocycles. The smallest absolute Gasteiger partial charge is 0.131 e. The summed E-state index contributed by atoms with van der Waals surface area (Å²) in [6.45, 7) is 9.39. The van der Waals surface area contributed by atoms with Crippen LogP contribution in [-0.4, -0.2) is 26.4 Å². The van der Waals surface area contributed by atoms with Crippen LogP contribution in [0.2, 0.25) is 0 Å². The van der Waals surface area contributed by atoms with Crippen molar-refractivity contribution in [1.82, 2.24) is 19.9 Å². The zero-order valence-electron chi connectivity index (χ0n) is 14.6. The normalized spacial score (nSPS) is 15.2. The average molecular weight is 320 g/mol. The van der Waals surface area contributed by atoms with Crippen LogP contribution in [0, 0.1) is 6.92 Å². The molecule has 0 fully saturated rings. The first-order valence-corrected chi connectivity index (χ1v) is 8.74. The number of benzene rings is 1. The Bertz CT molecular complexity index is 878. The molecule has 4 heteroatoms. The second-order valence-electron chi connectivity index (χ2n) is 7.18. The Balaban J connectivity index is 1.58. The van der Waals surface area contributed by atoms with E-state index in [1.807, 2.05) is 6.20 Å². The molecule has 0 spiro atoms. The van der Waals surface area contributed by atoms with Gasteiger partial charge in [-0.15, -0.1) is 0 Å². The molecule has 3 aromatic rings. The predicted molar refractivity (Wildman–Crippen MR) is 97.0 cm³/mol. The molecule has 4 rings (SSSR count). The summed E-state index contributed by atoms with van der Waals surface area (Å²) in [6.07, 6.45) is 5.22. The number of aryl methyl sites for hydroxylation is 1. The molecule has 4 nitrogen and oxygen atoms in total. The minimum Gasteiger partial charge on any atom is -0.361 e. The van der Waals surface area contributed by atoms with Crippen LogP contribution in [0.4, 0.5) is 0 Å². The number of hydrogen-bond donors (Lipinski definition) is 1. The first-order valence-electron chi connectivity index (χ1n) is 8.74. The molecular weight excluding hydrogens is 296 g/mol. The zero-order valence-corrected chi connectivity index (χ0v) is 14.6. The summed E-state index contributed by atoms with van der Waals surface area (Å²) in [6, 6.07) is 6.60. The van der Waals surface area contributed by atoms with Gasteiger partial charge in [0.1, 0.15) is 5.82 Å². The standard InChI is InChI=1S/C20H24N4/c1-13(2)20-22-9-15-6-7-24(12-19(15)23-20)11-16-10-21-18-5-4-14(3)8-17(16)18/h4-5,8-10,13,21H,6-7,11-12H2,1-3H3. The number of rotatable bonds is 3. The van der Waals surface area contributed by atoms with E-state index in [1.54, 1.807) is 0 Å². The topological polar surface area (TPSA) is 44.8 Å². The highest BCUT2D eigenvalue weighted by molar-refractivity contribution is 5.83. The average Bonchev–Trinajstić information content (AvgIpc) is 2.96. The minimum absolute atomic E-state index is 0.377. The van der Waals surface area contributed by atoms with Gasteiger partial charge in [-0.05, 0) is 36.6 Å². The number of nitrogens with zero attached hydrogens (tertiary/aromatic N) is 3. The van der Waals surface area contributed by atoms with Gasteiger partial charge in [0, 0.05) is 48.8 Å². The van der Waals surface area contributed by atoms with E-state index in [9.17, 15) is 0 Å². The van der Waals surface area contributed by atoms with Gasteiger partial charge in [0.25, 0.3) is 0 Å². The third kappa shape index (κ3) is 2.82. The SMILES string of the molecule is Cc1ccc2[nH]cc(CN3CCc4cnc(C(C)C)nc4C3)c2c1. The van der Waals surface area contributed by atoms with E-state index in [1.165, 1.54) is 33.3 Å². The second-order valence-corrected chi connectivity index (χ2v) is 7.18. The number of aromatic nitrogens is 3. The van der Waals surface area contributed by atoms with Gasteiger partial charge in [0.15, 0.2) is 0 Å². The second kappa shape index (κ2) is 6.02. The molecule has 124 valence electrons. The van der Waals surface area contributed by atoms with Gasteiger partial charge in [-0.3, -0.25) is 4.90 Å². The lowest BCUT2D eigenvalue weighted by Crippen LogP contribution is -2.31. The lowest BCUT2D eigenvalue weighted by atomic mass is 10.0. The summed E-state index contributed by atoms with van der Waals surface area (Å²) >= 11 is 0. The molecular formula is C20H24N4. The number of aromatic amines is 1. The fourth-order valence-electron chi connectivity index (χ4n) is 3.45. The van der Waals surface area contributed by atoms with Crippen LogP contribution in [0.25, 0.3) is 10.9 Å². The van der Waals surface area contributed by atoms with E-state index in [4.69, 9.17) is 4.98 Å². The maximum absolute atomic E-state index is 4.81. The Kier molecular flexibility index (Phi) is 3.85. The molecule has 0 atom stereocenters. The number of H-pyrrole nitrogens is 1. The zero-order chi connectivity index (χ0) is 16.7. The van der Waals surface area contributed by atoms with Crippen molar-refractivity contribution in [3.05, 3.63) is 58.8 Å². The summed E-state index contributed by atoms with van der Waals surface area (Å²) in [4.78, 5) is 15.2. The monoisotopic (exact) mass is 320 g/mol. The molecule has 0 bridgehead atoms. The van der Waals surface area contributed by atoms with E-state index in [0.717, 1.165) is 31.9 Å². The summed E-state index contributed by atoms with van der Waals surface area (Å²) in [7, 11) is 0. The van der Waals surface area contributed by atoms with Crippen LogP contribution in [0.5, 0.6) is 0 Å². The molecule has 0 saturated heterocycles. The van der Waals surface area contributed by atoms with Crippen LogP contribution in [-0.2, 0) is 19.5 Å². The summed E-state index contributed by atoms with van der Waals surface area (Å²) in [5, 5.41) is 1.34. The summed E-state index contributed by atoms with van der Waals surface area (Å²) in [5.41, 5.74) is 6.41. The van der Waals surface area contributed by atoms with Crippen LogP contribution >= 0.6 is 0 Å². The third-order valence-electron chi connectivity index (χ3n) is 4.88. The fraction of sp³-hybridized carbons (Fsp3) is 0.400. The fourth-order valence-corrected chi connectivity index (χ4v) is 3.45. The van der Waals surface area contributed by atoms with E-state index in [0.29, 0.717) is 5.92 Å². The lowest BCUT2D eigenvalue weighted by Gasteiger charge is -2.28. The van der Waals surface area contributed by atoms with Crippen molar-refractivity contribution in [3.63, 3.8) is 0 Å². The Morgan fingerprint density at radius 1 is 1.29 bits per heavy atom. The molecule has 0 saturated carbocycles. The largest absolute Gasteiger partial charge is 0.361 e. The molecule has 24 heavy (non-hydrogen) atoms. The number of fused-ring (bicyclic) bond motifs is 2. The Labute approximate surface area is 142 Å². The molecule has 0 aliphatic carbocycles. The molecule has 1 aliphatic rings. The quantitative estimate of drug-likeness (QED) is 0.795. The van der Waals surface area contributed by atoms with Crippen molar-refractivity contribution in [1.29, 1.82) is 0 Å². The van der Waals surface area contributed by atoms with Crippen LogP contribution in [0.3, 0.4) is 0 Å². The van der Waals surface area contributed by atoms with Crippen molar-refractivity contribution in [2.24, 2.45) is 0 Å². The van der Waals surface area contributed by atoms with Crippen molar-refractivity contribution in [3.8, 4) is 0 Å². The van der Waals surface area contributed by atoms with E-state index < -0.39 is 0 Å². The highest BCUT2D eigenvalue weighted by Crippen LogP contribution is 2.24. The highest BCUT2D eigenvalue weighted by Gasteiger charge is 2.20. The van der Waals surface area contributed by atoms with Gasteiger partial charge in [-0.2, -0.15) is 0 Å². The molecule has 0 unspecified atom stereocenters. The van der Waals surface area contributed by atoms with Gasteiger partial charge < -0.3 is 4.98 Å². The lowest BCUT2D eigenvalue weighted by molar-refractivity contribution is 0.241. The van der Waals surface area contributed by atoms with E-state index >= 15 is 0 Å². The Morgan fingerprint density at radius 2 is 2.17 bits per heavy atom. The van der Waals surface area contributed by atoms with Gasteiger partial charge in [-0.1, -0.05) is 25.5 Å². The van der Waals surface area contributed by atoms with Crippen molar-refractivity contribution < 1.29 is 0 Å².